The molecule has 0 aromatic heterocycles. The van der Waals surface area contributed by atoms with Crippen LogP contribution in [0, 0.1) is 0 Å². The molecule has 2 aliphatic heterocycles. The highest BCUT2D eigenvalue weighted by atomic mass is 16.4. The third kappa shape index (κ3) is 1.77. The number of carboxylic acids is 1. The quantitative estimate of drug-likeness (QED) is 0.684. The maximum absolute atomic E-state index is 11.2. The molecule has 2 rings (SSSR count). The number of hydrogen-bond donors (Lipinski definition) is 2. The van der Waals surface area contributed by atoms with Crippen LogP contribution >= 0.6 is 0 Å². The molecule has 0 aliphatic carbocycles. The van der Waals surface area contributed by atoms with Gasteiger partial charge in [0.2, 0.25) is 0 Å². The molecule has 2 heterocycles. The Hall–Kier alpha value is -0.610. The SMILES string of the molecule is O=C(O)C1(CN2CCCC2)CCCN1. The predicted octanol–water partition coefficient (Wildman–Crippen LogP) is 0.289. The van der Waals surface area contributed by atoms with Gasteiger partial charge in [-0.15, -0.1) is 0 Å². The van der Waals surface area contributed by atoms with Crippen LogP contribution in [-0.4, -0.2) is 47.7 Å². The number of likely N-dealkylation sites (tertiary alicyclic amines) is 1. The van der Waals surface area contributed by atoms with Crippen molar-refractivity contribution in [2.75, 3.05) is 26.2 Å². The predicted molar refractivity (Wildman–Crippen MR) is 53.3 cm³/mol. The molecule has 4 nitrogen and oxygen atoms in total. The highest BCUT2D eigenvalue weighted by Gasteiger charge is 2.42. The van der Waals surface area contributed by atoms with Gasteiger partial charge >= 0.3 is 5.97 Å². The standard InChI is InChI=1S/C10H18N2O2/c13-9(14)10(4-3-5-11-10)8-12-6-1-2-7-12/h11H,1-8H2,(H,13,14). The van der Waals surface area contributed by atoms with E-state index in [4.69, 9.17) is 0 Å². The molecule has 2 N–H and O–H groups in total. The van der Waals surface area contributed by atoms with Crippen molar-refractivity contribution in [3.63, 3.8) is 0 Å². The first kappa shape index (κ1) is 9.93. The fourth-order valence-corrected chi connectivity index (χ4v) is 2.51. The van der Waals surface area contributed by atoms with Crippen molar-refractivity contribution >= 4 is 5.97 Å². The third-order valence-corrected chi connectivity index (χ3v) is 3.35. The Morgan fingerprint density at radius 2 is 2.07 bits per heavy atom. The fraction of sp³-hybridized carbons (Fsp3) is 0.900. The van der Waals surface area contributed by atoms with Gasteiger partial charge in [0.25, 0.3) is 0 Å². The summed E-state index contributed by atoms with van der Waals surface area (Å²) in [6.07, 6.45) is 4.20. The van der Waals surface area contributed by atoms with E-state index in [0.29, 0.717) is 6.54 Å². The minimum absolute atomic E-state index is 0.648. The Bertz CT molecular complexity index is 218. The molecule has 1 atom stereocenters. The number of nitrogens with one attached hydrogen (secondary N) is 1. The Kier molecular flexibility index (Phi) is 2.74. The first-order valence-electron chi connectivity index (χ1n) is 5.44. The lowest BCUT2D eigenvalue weighted by Crippen LogP contribution is -2.55. The molecule has 0 aromatic rings. The number of carboxylic acid groups (broad SMARTS) is 1. The summed E-state index contributed by atoms with van der Waals surface area (Å²) in [5.41, 5.74) is -0.648. The zero-order chi connectivity index (χ0) is 10.0. The summed E-state index contributed by atoms with van der Waals surface area (Å²) >= 11 is 0. The first-order valence-corrected chi connectivity index (χ1v) is 5.44. The van der Waals surface area contributed by atoms with Gasteiger partial charge in [-0.3, -0.25) is 4.79 Å². The van der Waals surface area contributed by atoms with Crippen molar-refractivity contribution in [2.45, 2.75) is 31.2 Å². The van der Waals surface area contributed by atoms with Crippen LogP contribution in [0.5, 0.6) is 0 Å². The summed E-state index contributed by atoms with van der Waals surface area (Å²) in [5.74, 6) is -0.679. The highest BCUT2D eigenvalue weighted by molar-refractivity contribution is 5.79. The molecule has 2 fully saturated rings. The monoisotopic (exact) mass is 198 g/mol. The van der Waals surface area contributed by atoms with Gasteiger partial charge < -0.3 is 15.3 Å². The van der Waals surface area contributed by atoms with Crippen molar-refractivity contribution in [3.05, 3.63) is 0 Å². The van der Waals surface area contributed by atoms with Crippen LogP contribution in [0.4, 0.5) is 0 Å². The summed E-state index contributed by atoms with van der Waals surface area (Å²) in [7, 11) is 0. The van der Waals surface area contributed by atoms with Crippen molar-refractivity contribution in [1.29, 1.82) is 0 Å². The average Bonchev–Trinajstić information content (AvgIpc) is 2.76. The Morgan fingerprint density at radius 1 is 1.36 bits per heavy atom. The van der Waals surface area contributed by atoms with Crippen molar-refractivity contribution in [1.82, 2.24) is 10.2 Å². The fourth-order valence-electron chi connectivity index (χ4n) is 2.51. The van der Waals surface area contributed by atoms with Crippen molar-refractivity contribution in [3.8, 4) is 0 Å². The molecule has 4 heteroatoms. The lowest BCUT2D eigenvalue weighted by Gasteiger charge is -2.29. The zero-order valence-corrected chi connectivity index (χ0v) is 8.46. The lowest BCUT2D eigenvalue weighted by atomic mass is 9.97. The Morgan fingerprint density at radius 3 is 2.57 bits per heavy atom. The second-order valence-corrected chi connectivity index (χ2v) is 4.40. The number of aliphatic carboxylic acids is 1. The number of nitrogens with zero attached hydrogens (tertiary/aromatic N) is 1. The second kappa shape index (κ2) is 3.87. The summed E-state index contributed by atoms with van der Waals surface area (Å²) in [6, 6.07) is 0. The molecule has 0 spiro atoms. The minimum Gasteiger partial charge on any atom is -0.480 e. The molecule has 0 bridgehead atoms. The van der Waals surface area contributed by atoms with Crippen LogP contribution < -0.4 is 5.32 Å². The van der Waals surface area contributed by atoms with E-state index in [2.05, 4.69) is 10.2 Å². The molecule has 14 heavy (non-hydrogen) atoms. The first-order chi connectivity index (χ1) is 6.73. The van der Waals surface area contributed by atoms with Gasteiger partial charge in [0.1, 0.15) is 5.54 Å². The van der Waals surface area contributed by atoms with Gasteiger partial charge in [-0.25, -0.2) is 0 Å². The van der Waals surface area contributed by atoms with Crippen molar-refractivity contribution < 1.29 is 9.90 Å². The van der Waals surface area contributed by atoms with Crippen LogP contribution in [0.1, 0.15) is 25.7 Å². The normalized spacial score (nSPS) is 33.7. The van der Waals surface area contributed by atoms with Gasteiger partial charge in [-0.1, -0.05) is 0 Å². The average molecular weight is 198 g/mol. The maximum atomic E-state index is 11.2. The molecule has 80 valence electrons. The summed E-state index contributed by atoms with van der Waals surface area (Å²) < 4.78 is 0. The maximum Gasteiger partial charge on any atom is 0.325 e. The Labute approximate surface area is 84.3 Å². The number of hydrogen-bond acceptors (Lipinski definition) is 3. The van der Waals surface area contributed by atoms with Crippen molar-refractivity contribution in [2.24, 2.45) is 0 Å². The van der Waals surface area contributed by atoms with E-state index in [1.807, 2.05) is 0 Å². The molecule has 0 radical (unpaired) electrons. The van der Waals surface area contributed by atoms with Gasteiger partial charge in [0, 0.05) is 6.54 Å². The molecule has 0 saturated carbocycles. The van der Waals surface area contributed by atoms with E-state index >= 15 is 0 Å². The molecule has 0 aromatic carbocycles. The van der Waals surface area contributed by atoms with Crippen LogP contribution in [0.2, 0.25) is 0 Å². The summed E-state index contributed by atoms with van der Waals surface area (Å²) in [6.45, 7) is 3.66. The molecule has 0 amide bonds. The van der Waals surface area contributed by atoms with Gasteiger partial charge in [0.05, 0.1) is 0 Å². The largest absolute Gasteiger partial charge is 0.480 e. The van der Waals surface area contributed by atoms with Crippen LogP contribution in [0.3, 0.4) is 0 Å². The van der Waals surface area contributed by atoms with E-state index < -0.39 is 11.5 Å². The molecule has 1 unspecified atom stereocenters. The van der Waals surface area contributed by atoms with Gasteiger partial charge in [-0.05, 0) is 45.3 Å². The van der Waals surface area contributed by atoms with Gasteiger partial charge in [-0.2, -0.15) is 0 Å². The summed E-state index contributed by atoms with van der Waals surface area (Å²) in [5, 5.41) is 12.4. The molecule has 2 saturated heterocycles. The second-order valence-electron chi connectivity index (χ2n) is 4.40. The molecule has 2 aliphatic rings. The topological polar surface area (TPSA) is 52.6 Å². The number of rotatable bonds is 3. The van der Waals surface area contributed by atoms with E-state index in [0.717, 1.165) is 32.5 Å². The van der Waals surface area contributed by atoms with E-state index in [9.17, 15) is 9.90 Å². The third-order valence-electron chi connectivity index (χ3n) is 3.35. The van der Waals surface area contributed by atoms with Gasteiger partial charge in [0.15, 0.2) is 0 Å². The van der Waals surface area contributed by atoms with Crippen LogP contribution in [0.25, 0.3) is 0 Å². The molecular weight excluding hydrogens is 180 g/mol. The zero-order valence-electron chi connectivity index (χ0n) is 8.46. The lowest BCUT2D eigenvalue weighted by molar-refractivity contribution is -0.145. The van der Waals surface area contributed by atoms with E-state index in [1.165, 1.54) is 12.8 Å². The smallest absolute Gasteiger partial charge is 0.325 e. The van der Waals surface area contributed by atoms with Crippen LogP contribution in [-0.2, 0) is 4.79 Å². The molecular formula is C10H18N2O2. The Balaban J connectivity index is 1.99. The van der Waals surface area contributed by atoms with Crippen LogP contribution in [0.15, 0.2) is 0 Å². The summed E-state index contributed by atoms with van der Waals surface area (Å²) in [4.78, 5) is 13.5. The highest BCUT2D eigenvalue weighted by Crippen LogP contribution is 2.22. The number of carbonyl (C=O) groups is 1. The van der Waals surface area contributed by atoms with E-state index in [1.54, 1.807) is 0 Å². The van der Waals surface area contributed by atoms with E-state index in [-0.39, 0.29) is 0 Å². The minimum atomic E-state index is -0.679.